The van der Waals surface area contributed by atoms with Crippen molar-refractivity contribution in [3.8, 4) is 0 Å². The van der Waals surface area contributed by atoms with E-state index in [2.05, 4.69) is 55.1 Å². The minimum absolute atomic E-state index is 0.629. The summed E-state index contributed by atoms with van der Waals surface area (Å²) in [5, 5.41) is 2.53. The second kappa shape index (κ2) is 5.65. The van der Waals surface area contributed by atoms with Crippen LogP contribution in [0.25, 0.3) is 0 Å². The zero-order chi connectivity index (χ0) is 12.1. The van der Waals surface area contributed by atoms with Crippen LogP contribution in [-0.4, -0.2) is 7.11 Å². The molecule has 0 saturated carbocycles. The van der Waals surface area contributed by atoms with E-state index in [9.17, 15) is 0 Å². The molecule has 0 aliphatic heterocycles. The topological polar surface area (TPSA) is 9.23 Å². The van der Waals surface area contributed by atoms with Gasteiger partial charge in [-0.3, -0.25) is 0 Å². The fourth-order valence-electron chi connectivity index (χ4n) is 1.68. The lowest BCUT2D eigenvalue weighted by atomic mass is 10.4. The summed E-state index contributed by atoms with van der Waals surface area (Å²) < 4.78 is 5.36. The lowest BCUT2D eigenvalue weighted by Gasteiger charge is -2.19. The molecule has 2 aromatic rings. The van der Waals surface area contributed by atoms with Crippen LogP contribution in [0.2, 0.25) is 0 Å². The van der Waals surface area contributed by atoms with E-state index in [-0.39, 0.29) is 0 Å². The standard InChI is InChI=1S/C15H15OP/c1-13(16-2)17(14-9-5-3-6-10-14)15-11-7-4-8-12-15/h3-12H,1H2,2H3. The second-order valence-electron chi connectivity index (χ2n) is 3.60. The highest BCUT2D eigenvalue weighted by atomic mass is 31.1. The van der Waals surface area contributed by atoms with Gasteiger partial charge in [-0.05, 0) is 10.6 Å². The van der Waals surface area contributed by atoms with Gasteiger partial charge in [0.2, 0.25) is 0 Å². The van der Waals surface area contributed by atoms with Gasteiger partial charge in [-0.25, -0.2) is 0 Å². The van der Waals surface area contributed by atoms with Gasteiger partial charge in [0.25, 0.3) is 0 Å². The quantitative estimate of drug-likeness (QED) is 0.590. The Morgan fingerprint density at radius 2 is 1.29 bits per heavy atom. The average Bonchev–Trinajstić information content (AvgIpc) is 2.41. The maximum atomic E-state index is 5.36. The van der Waals surface area contributed by atoms with Crippen LogP contribution in [0.4, 0.5) is 0 Å². The molecule has 86 valence electrons. The van der Waals surface area contributed by atoms with Gasteiger partial charge in [0.15, 0.2) is 0 Å². The molecule has 0 aromatic heterocycles. The first-order chi connectivity index (χ1) is 8.33. The molecular formula is C15H15OP. The first kappa shape index (κ1) is 11.9. The minimum Gasteiger partial charge on any atom is -0.496 e. The van der Waals surface area contributed by atoms with Crippen molar-refractivity contribution in [2.24, 2.45) is 0 Å². The van der Waals surface area contributed by atoms with E-state index in [1.165, 1.54) is 10.6 Å². The van der Waals surface area contributed by atoms with Crippen LogP contribution in [0.1, 0.15) is 0 Å². The molecule has 0 saturated heterocycles. The molecule has 0 amide bonds. The first-order valence-electron chi connectivity index (χ1n) is 5.46. The van der Waals surface area contributed by atoms with Gasteiger partial charge in [0.1, 0.15) is 5.50 Å². The van der Waals surface area contributed by atoms with Crippen molar-refractivity contribution < 1.29 is 4.74 Å². The molecule has 0 heterocycles. The zero-order valence-corrected chi connectivity index (χ0v) is 10.7. The molecule has 0 unspecified atom stereocenters. The van der Waals surface area contributed by atoms with E-state index in [4.69, 9.17) is 4.74 Å². The van der Waals surface area contributed by atoms with Crippen LogP contribution in [0.3, 0.4) is 0 Å². The Balaban J connectivity index is 2.43. The molecule has 0 spiro atoms. The Morgan fingerprint density at radius 3 is 1.65 bits per heavy atom. The van der Waals surface area contributed by atoms with Gasteiger partial charge < -0.3 is 4.74 Å². The van der Waals surface area contributed by atoms with Gasteiger partial charge in [-0.1, -0.05) is 67.2 Å². The molecular weight excluding hydrogens is 227 g/mol. The number of hydrogen-bond donors (Lipinski definition) is 0. The monoisotopic (exact) mass is 242 g/mol. The molecule has 2 heteroatoms. The lowest BCUT2D eigenvalue weighted by molar-refractivity contribution is 0.325. The molecule has 0 atom stereocenters. The Morgan fingerprint density at radius 1 is 0.882 bits per heavy atom. The van der Waals surface area contributed by atoms with Gasteiger partial charge >= 0.3 is 0 Å². The van der Waals surface area contributed by atoms with E-state index < -0.39 is 7.92 Å². The predicted octanol–water partition coefficient (Wildman–Crippen LogP) is 3.24. The van der Waals surface area contributed by atoms with E-state index in [0.29, 0.717) is 0 Å². The van der Waals surface area contributed by atoms with Crippen molar-refractivity contribution in [2.75, 3.05) is 7.11 Å². The Bertz CT molecular complexity index is 439. The molecule has 0 N–H and O–H groups in total. The maximum absolute atomic E-state index is 5.36. The summed E-state index contributed by atoms with van der Waals surface area (Å²) in [6.45, 7) is 4.03. The summed E-state index contributed by atoms with van der Waals surface area (Å²) in [6, 6.07) is 20.8. The SMILES string of the molecule is C=C(OC)P(c1ccccc1)c1ccccc1. The summed E-state index contributed by atoms with van der Waals surface area (Å²) in [6.07, 6.45) is 0. The number of methoxy groups -OCH3 is 1. The van der Waals surface area contributed by atoms with E-state index in [0.717, 1.165) is 5.50 Å². The van der Waals surface area contributed by atoms with Gasteiger partial charge in [0.05, 0.1) is 7.11 Å². The largest absolute Gasteiger partial charge is 0.496 e. The molecule has 1 nitrogen and oxygen atoms in total. The normalized spacial score (nSPS) is 10.2. The summed E-state index contributed by atoms with van der Waals surface area (Å²) in [5.41, 5.74) is 0.831. The zero-order valence-electron chi connectivity index (χ0n) is 9.84. The van der Waals surface area contributed by atoms with Crippen molar-refractivity contribution >= 4 is 18.5 Å². The maximum Gasteiger partial charge on any atom is 0.119 e. The third kappa shape index (κ3) is 2.75. The molecule has 0 fully saturated rings. The fraction of sp³-hybridized carbons (Fsp3) is 0.0667. The van der Waals surface area contributed by atoms with Crippen LogP contribution in [0.15, 0.2) is 72.7 Å². The first-order valence-corrected chi connectivity index (χ1v) is 6.80. The number of rotatable bonds is 4. The number of ether oxygens (including phenoxy) is 1. The van der Waals surface area contributed by atoms with Gasteiger partial charge in [-0.2, -0.15) is 0 Å². The Labute approximate surface area is 104 Å². The molecule has 0 bridgehead atoms. The predicted molar refractivity (Wildman–Crippen MR) is 75.2 cm³/mol. The summed E-state index contributed by atoms with van der Waals surface area (Å²) in [5.74, 6) is 0. The minimum atomic E-state index is -0.629. The van der Waals surface area contributed by atoms with Crippen LogP contribution >= 0.6 is 7.92 Å². The smallest absolute Gasteiger partial charge is 0.119 e. The second-order valence-corrected chi connectivity index (χ2v) is 5.81. The molecule has 0 aliphatic rings. The Hall–Kier alpha value is -1.59. The van der Waals surface area contributed by atoms with Crippen molar-refractivity contribution in [2.45, 2.75) is 0 Å². The third-order valence-electron chi connectivity index (χ3n) is 2.51. The lowest BCUT2D eigenvalue weighted by Crippen LogP contribution is -2.13. The van der Waals surface area contributed by atoms with Crippen LogP contribution in [0, 0.1) is 0 Å². The Kier molecular flexibility index (Phi) is 3.95. The summed E-state index contributed by atoms with van der Waals surface area (Å²) in [4.78, 5) is 0. The summed E-state index contributed by atoms with van der Waals surface area (Å²) in [7, 11) is 1.06. The molecule has 2 aromatic carbocycles. The molecule has 2 rings (SSSR count). The third-order valence-corrected chi connectivity index (χ3v) is 4.82. The van der Waals surface area contributed by atoms with E-state index >= 15 is 0 Å². The van der Waals surface area contributed by atoms with Crippen molar-refractivity contribution in [3.05, 3.63) is 72.7 Å². The van der Waals surface area contributed by atoms with E-state index in [1.54, 1.807) is 7.11 Å². The van der Waals surface area contributed by atoms with E-state index in [1.807, 2.05) is 12.1 Å². The van der Waals surface area contributed by atoms with Crippen molar-refractivity contribution in [1.29, 1.82) is 0 Å². The fourth-order valence-corrected chi connectivity index (χ4v) is 3.68. The van der Waals surface area contributed by atoms with Crippen LogP contribution in [-0.2, 0) is 4.74 Å². The number of hydrogen-bond acceptors (Lipinski definition) is 1. The van der Waals surface area contributed by atoms with Gasteiger partial charge in [0, 0.05) is 7.92 Å². The number of benzene rings is 2. The summed E-state index contributed by atoms with van der Waals surface area (Å²) >= 11 is 0. The van der Waals surface area contributed by atoms with Crippen LogP contribution < -0.4 is 10.6 Å². The average molecular weight is 242 g/mol. The van der Waals surface area contributed by atoms with Crippen molar-refractivity contribution in [1.82, 2.24) is 0 Å². The van der Waals surface area contributed by atoms with Crippen molar-refractivity contribution in [3.63, 3.8) is 0 Å². The molecule has 0 radical (unpaired) electrons. The molecule has 17 heavy (non-hydrogen) atoms. The highest BCUT2D eigenvalue weighted by Crippen LogP contribution is 2.41. The van der Waals surface area contributed by atoms with Crippen LogP contribution in [0.5, 0.6) is 0 Å². The van der Waals surface area contributed by atoms with Gasteiger partial charge in [-0.15, -0.1) is 0 Å². The molecule has 0 aliphatic carbocycles. The highest BCUT2D eigenvalue weighted by molar-refractivity contribution is 7.76. The highest BCUT2D eigenvalue weighted by Gasteiger charge is 2.17.